The average molecular weight is 412 g/mol. The predicted molar refractivity (Wildman–Crippen MR) is 118 cm³/mol. The molecule has 1 fully saturated rings. The van der Waals surface area contributed by atoms with E-state index in [0.29, 0.717) is 12.5 Å². The smallest absolute Gasteiger partial charge is 0.221 e. The van der Waals surface area contributed by atoms with Gasteiger partial charge >= 0.3 is 0 Å². The van der Waals surface area contributed by atoms with Gasteiger partial charge in [-0.25, -0.2) is 4.39 Å². The molecule has 1 saturated heterocycles. The van der Waals surface area contributed by atoms with Gasteiger partial charge in [0.25, 0.3) is 0 Å². The number of carbonyl (C=O) groups is 1. The standard InChI is InChI=1S/C25H34FN3O/c1-25(2,3)17-24(30)28-23(22-12-4-6-13-27-22)16-21-11-5-7-14-29(21)18-19-9-8-10-20(26)15-19/h4,6,8-10,12-13,15,21,23H,5,7,11,14,16-18H2,1-3H3,(H,28,30)/t21-,23+/m1/s1. The van der Waals surface area contributed by atoms with Gasteiger partial charge in [0.2, 0.25) is 5.91 Å². The number of halogens is 1. The summed E-state index contributed by atoms with van der Waals surface area (Å²) in [4.78, 5) is 19.7. The van der Waals surface area contributed by atoms with Gasteiger partial charge in [-0.3, -0.25) is 14.7 Å². The molecule has 0 saturated carbocycles. The minimum Gasteiger partial charge on any atom is -0.348 e. The molecule has 162 valence electrons. The molecule has 1 aromatic heterocycles. The van der Waals surface area contributed by atoms with Crippen molar-refractivity contribution in [2.45, 2.75) is 71.5 Å². The molecule has 1 aliphatic heterocycles. The Balaban J connectivity index is 1.74. The summed E-state index contributed by atoms with van der Waals surface area (Å²) in [6.07, 6.45) is 6.47. The number of amides is 1. The zero-order valence-electron chi connectivity index (χ0n) is 18.4. The van der Waals surface area contributed by atoms with Gasteiger partial charge in [0.05, 0.1) is 11.7 Å². The van der Waals surface area contributed by atoms with Crippen molar-refractivity contribution in [3.63, 3.8) is 0 Å². The van der Waals surface area contributed by atoms with Gasteiger partial charge < -0.3 is 5.32 Å². The van der Waals surface area contributed by atoms with Crippen LogP contribution >= 0.6 is 0 Å². The number of pyridine rings is 1. The SMILES string of the molecule is CC(C)(C)CC(=O)N[C@@H](C[C@H]1CCCCN1Cc1cccc(F)c1)c1ccccn1. The van der Waals surface area contributed by atoms with E-state index in [1.165, 1.54) is 12.5 Å². The van der Waals surface area contributed by atoms with Crippen LogP contribution in [0.25, 0.3) is 0 Å². The Bertz CT molecular complexity index is 819. The molecular formula is C25H34FN3O. The van der Waals surface area contributed by atoms with Gasteiger partial charge in [-0.2, -0.15) is 0 Å². The van der Waals surface area contributed by atoms with Crippen molar-refractivity contribution < 1.29 is 9.18 Å². The molecule has 2 heterocycles. The van der Waals surface area contributed by atoms with Crippen LogP contribution in [0, 0.1) is 11.2 Å². The molecule has 1 aliphatic rings. The third-order valence-corrected chi connectivity index (χ3v) is 5.60. The zero-order chi connectivity index (χ0) is 21.6. The monoisotopic (exact) mass is 411 g/mol. The van der Waals surface area contributed by atoms with E-state index >= 15 is 0 Å². The van der Waals surface area contributed by atoms with E-state index in [1.807, 2.05) is 24.3 Å². The molecule has 4 nitrogen and oxygen atoms in total. The van der Waals surface area contributed by atoms with Crippen LogP contribution in [0.15, 0.2) is 48.7 Å². The second-order valence-electron chi connectivity index (χ2n) is 9.60. The highest BCUT2D eigenvalue weighted by Gasteiger charge is 2.28. The van der Waals surface area contributed by atoms with Crippen LogP contribution < -0.4 is 5.32 Å². The van der Waals surface area contributed by atoms with Crippen LogP contribution in [0.1, 0.15) is 70.2 Å². The number of hydrogen-bond donors (Lipinski definition) is 1. The Hall–Kier alpha value is -2.27. The number of nitrogens with zero attached hydrogens (tertiary/aromatic N) is 2. The first-order chi connectivity index (χ1) is 14.3. The Morgan fingerprint density at radius 3 is 2.77 bits per heavy atom. The molecule has 5 heteroatoms. The van der Waals surface area contributed by atoms with Gasteiger partial charge in [0.15, 0.2) is 0 Å². The molecular weight excluding hydrogens is 377 g/mol. The third kappa shape index (κ3) is 6.91. The lowest BCUT2D eigenvalue weighted by atomic mass is 9.90. The van der Waals surface area contributed by atoms with Crippen molar-refractivity contribution in [2.75, 3.05) is 6.54 Å². The molecule has 0 bridgehead atoms. The highest BCUT2D eigenvalue weighted by Crippen LogP contribution is 2.28. The first kappa shape index (κ1) is 22.4. The molecule has 1 amide bonds. The summed E-state index contributed by atoms with van der Waals surface area (Å²) in [5.74, 6) is -0.132. The van der Waals surface area contributed by atoms with E-state index in [9.17, 15) is 9.18 Å². The Morgan fingerprint density at radius 2 is 2.07 bits per heavy atom. The lowest BCUT2D eigenvalue weighted by molar-refractivity contribution is -0.123. The largest absolute Gasteiger partial charge is 0.348 e. The van der Waals surface area contributed by atoms with Crippen molar-refractivity contribution in [3.8, 4) is 0 Å². The molecule has 1 N–H and O–H groups in total. The minimum absolute atomic E-state index is 0.0608. The number of nitrogens with one attached hydrogen (secondary N) is 1. The summed E-state index contributed by atoms with van der Waals surface area (Å²) in [7, 11) is 0. The second-order valence-corrected chi connectivity index (χ2v) is 9.60. The highest BCUT2D eigenvalue weighted by atomic mass is 19.1. The summed E-state index contributed by atoms with van der Waals surface area (Å²) in [5.41, 5.74) is 1.83. The van der Waals surface area contributed by atoms with Crippen LogP contribution in [-0.2, 0) is 11.3 Å². The summed E-state index contributed by atoms with van der Waals surface area (Å²) in [6, 6.07) is 12.9. The van der Waals surface area contributed by atoms with Gasteiger partial charge in [-0.05, 0) is 61.1 Å². The van der Waals surface area contributed by atoms with Gasteiger partial charge in [0.1, 0.15) is 5.82 Å². The number of likely N-dealkylation sites (tertiary alicyclic amines) is 1. The van der Waals surface area contributed by atoms with Crippen LogP contribution in [0.5, 0.6) is 0 Å². The fraction of sp³-hybridized carbons (Fsp3) is 0.520. The number of rotatable bonds is 7. The van der Waals surface area contributed by atoms with Gasteiger partial charge in [0, 0.05) is 25.2 Å². The minimum atomic E-state index is -0.193. The van der Waals surface area contributed by atoms with E-state index < -0.39 is 0 Å². The number of hydrogen-bond acceptors (Lipinski definition) is 3. The van der Waals surface area contributed by atoms with Crippen molar-refractivity contribution in [3.05, 3.63) is 65.7 Å². The molecule has 30 heavy (non-hydrogen) atoms. The summed E-state index contributed by atoms with van der Waals surface area (Å²) >= 11 is 0. The molecule has 0 radical (unpaired) electrons. The van der Waals surface area contributed by atoms with Crippen molar-refractivity contribution in [1.82, 2.24) is 15.2 Å². The van der Waals surface area contributed by atoms with Crippen LogP contribution in [0.2, 0.25) is 0 Å². The quantitative estimate of drug-likeness (QED) is 0.676. The number of benzene rings is 1. The summed E-state index contributed by atoms with van der Waals surface area (Å²) in [5, 5.41) is 3.24. The molecule has 3 rings (SSSR count). The van der Waals surface area contributed by atoms with E-state index in [-0.39, 0.29) is 23.2 Å². The molecule has 0 spiro atoms. The molecule has 0 unspecified atom stereocenters. The average Bonchev–Trinajstić information content (AvgIpc) is 2.68. The third-order valence-electron chi connectivity index (χ3n) is 5.60. The molecule has 2 aromatic rings. The summed E-state index contributed by atoms with van der Waals surface area (Å²) < 4.78 is 13.7. The fourth-order valence-electron chi connectivity index (χ4n) is 4.24. The lowest BCUT2D eigenvalue weighted by Gasteiger charge is -2.38. The van der Waals surface area contributed by atoms with Crippen molar-refractivity contribution in [1.29, 1.82) is 0 Å². The zero-order valence-corrected chi connectivity index (χ0v) is 18.4. The van der Waals surface area contributed by atoms with E-state index in [4.69, 9.17) is 0 Å². The maximum Gasteiger partial charge on any atom is 0.221 e. The van der Waals surface area contributed by atoms with Crippen molar-refractivity contribution in [2.24, 2.45) is 5.41 Å². The fourth-order valence-corrected chi connectivity index (χ4v) is 4.24. The van der Waals surface area contributed by atoms with E-state index in [2.05, 4.69) is 36.0 Å². The topological polar surface area (TPSA) is 45.2 Å². The van der Waals surface area contributed by atoms with Crippen molar-refractivity contribution >= 4 is 5.91 Å². The maximum atomic E-state index is 13.7. The first-order valence-electron chi connectivity index (χ1n) is 11.0. The maximum absolute atomic E-state index is 13.7. The Morgan fingerprint density at radius 1 is 1.23 bits per heavy atom. The normalized spacial score (nSPS) is 18.7. The number of piperidine rings is 1. The summed E-state index contributed by atoms with van der Waals surface area (Å²) in [6.45, 7) is 7.94. The van der Waals surface area contributed by atoms with Gasteiger partial charge in [-0.15, -0.1) is 0 Å². The predicted octanol–water partition coefficient (Wildman–Crippen LogP) is 5.26. The molecule has 0 aliphatic carbocycles. The van der Waals surface area contributed by atoms with Crippen LogP contribution in [0.3, 0.4) is 0 Å². The Labute approximate surface area is 179 Å². The highest BCUT2D eigenvalue weighted by molar-refractivity contribution is 5.77. The number of carbonyl (C=O) groups excluding carboxylic acids is 1. The van der Waals surface area contributed by atoms with Gasteiger partial charge in [-0.1, -0.05) is 45.4 Å². The molecule has 1 aromatic carbocycles. The molecule has 2 atom stereocenters. The van der Waals surface area contributed by atoms with E-state index in [0.717, 1.165) is 43.6 Å². The van der Waals surface area contributed by atoms with Crippen LogP contribution in [0.4, 0.5) is 4.39 Å². The lowest BCUT2D eigenvalue weighted by Crippen LogP contribution is -2.42. The Kier molecular flexibility index (Phi) is 7.59. The second kappa shape index (κ2) is 10.2. The number of aromatic nitrogens is 1. The first-order valence-corrected chi connectivity index (χ1v) is 11.0. The van der Waals surface area contributed by atoms with Crippen LogP contribution in [-0.4, -0.2) is 28.4 Å². The van der Waals surface area contributed by atoms with E-state index in [1.54, 1.807) is 18.3 Å².